The fourth-order valence-corrected chi connectivity index (χ4v) is 8.52. The number of pyridine rings is 1. The van der Waals surface area contributed by atoms with Crippen LogP contribution in [-0.2, 0) is 20.8 Å². The maximum atomic E-state index is 15.0. The minimum atomic E-state index is -0.475. The Kier molecular flexibility index (Phi) is 18.2. The van der Waals surface area contributed by atoms with Gasteiger partial charge in [-0.1, -0.05) is 134 Å². The molecule has 8 nitrogen and oxygen atoms in total. The van der Waals surface area contributed by atoms with E-state index in [1.54, 1.807) is 0 Å². The SMILES string of the molecule is CCCCCCCCCCCCCCCCCCn1c(-c2ccccc2)c(OC2CCCCO2)c(=O)c2c(OC3CCCCO3)cc(OC3CCCCO3)cc21. The summed E-state index contributed by atoms with van der Waals surface area (Å²) in [5.41, 5.74) is 2.31. The molecule has 3 saturated heterocycles. The van der Waals surface area contributed by atoms with Gasteiger partial charge in [0.05, 0.1) is 36.4 Å². The van der Waals surface area contributed by atoms with E-state index in [2.05, 4.69) is 23.6 Å². The highest BCUT2D eigenvalue weighted by molar-refractivity contribution is 5.92. The van der Waals surface area contributed by atoms with E-state index in [4.69, 9.17) is 28.4 Å². The zero-order valence-electron chi connectivity index (χ0n) is 34.6. The van der Waals surface area contributed by atoms with Crippen LogP contribution in [0.4, 0.5) is 0 Å². The van der Waals surface area contributed by atoms with Gasteiger partial charge in [0.25, 0.3) is 0 Å². The predicted octanol–water partition coefficient (Wildman–Crippen LogP) is 12.6. The predicted molar refractivity (Wildman–Crippen MR) is 226 cm³/mol. The molecule has 0 bridgehead atoms. The third kappa shape index (κ3) is 13.0. The molecule has 3 fully saturated rings. The Hall–Kier alpha value is -3.07. The molecule has 0 amide bonds. The molecule has 0 aliphatic carbocycles. The normalized spacial score (nSPS) is 20.3. The van der Waals surface area contributed by atoms with Crippen molar-refractivity contribution < 1.29 is 28.4 Å². The highest BCUT2D eigenvalue weighted by atomic mass is 16.7. The van der Waals surface area contributed by atoms with Crippen LogP contribution in [0.25, 0.3) is 22.2 Å². The van der Waals surface area contributed by atoms with Gasteiger partial charge in [-0.15, -0.1) is 0 Å². The summed E-state index contributed by atoms with van der Waals surface area (Å²) in [6, 6.07) is 14.1. The topological polar surface area (TPSA) is 77.4 Å². The van der Waals surface area contributed by atoms with E-state index in [-0.39, 0.29) is 11.7 Å². The lowest BCUT2D eigenvalue weighted by Crippen LogP contribution is -2.29. The zero-order valence-corrected chi connectivity index (χ0v) is 34.6. The molecule has 8 heteroatoms. The maximum absolute atomic E-state index is 15.0. The molecular weight excluding hydrogens is 703 g/mol. The second-order valence-electron chi connectivity index (χ2n) is 16.4. The summed E-state index contributed by atoms with van der Waals surface area (Å²) >= 11 is 0. The summed E-state index contributed by atoms with van der Waals surface area (Å²) in [6.07, 6.45) is 28.4. The molecule has 0 N–H and O–H groups in total. The molecule has 0 saturated carbocycles. The van der Waals surface area contributed by atoms with Crippen molar-refractivity contribution in [3.05, 3.63) is 52.7 Å². The molecule has 0 radical (unpaired) electrons. The number of fused-ring (bicyclic) bond motifs is 1. The first-order valence-electron chi connectivity index (χ1n) is 22.9. The first-order chi connectivity index (χ1) is 27.7. The fraction of sp³-hybridized carbons (Fsp3) is 0.688. The van der Waals surface area contributed by atoms with E-state index < -0.39 is 12.6 Å². The van der Waals surface area contributed by atoms with Gasteiger partial charge in [-0.3, -0.25) is 4.79 Å². The second-order valence-corrected chi connectivity index (χ2v) is 16.4. The number of unbranched alkanes of at least 4 members (excludes halogenated alkanes) is 15. The molecule has 3 aliphatic rings. The van der Waals surface area contributed by atoms with Crippen LogP contribution < -0.4 is 19.6 Å². The van der Waals surface area contributed by atoms with E-state index in [9.17, 15) is 4.79 Å². The first kappa shape index (κ1) is 42.5. The molecule has 3 aromatic rings. The molecule has 6 rings (SSSR count). The van der Waals surface area contributed by atoms with Crippen molar-refractivity contribution in [2.24, 2.45) is 0 Å². The van der Waals surface area contributed by atoms with Gasteiger partial charge in [-0.25, -0.2) is 0 Å². The molecule has 3 unspecified atom stereocenters. The van der Waals surface area contributed by atoms with E-state index in [0.29, 0.717) is 42.5 Å². The summed E-state index contributed by atoms with van der Waals surface area (Å²) in [4.78, 5) is 15.0. The quantitative estimate of drug-likeness (QED) is 0.0839. The number of aryl methyl sites for hydroxylation is 1. The molecule has 0 spiro atoms. The average molecular weight is 774 g/mol. The highest BCUT2D eigenvalue weighted by Gasteiger charge is 2.28. The first-order valence-corrected chi connectivity index (χ1v) is 22.9. The van der Waals surface area contributed by atoms with Gasteiger partial charge in [0.1, 0.15) is 11.5 Å². The van der Waals surface area contributed by atoms with Gasteiger partial charge in [-0.2, -0.15) is 0 Å². The molecule has 2 aromatic carbocycles. The maximum Gasteiger partial charge on any atom is 0.235 e. The minimum absolute atomic E-state index is 0.192. The van der Waals surface area contributed by atoms with Crippen molar-refractivity contribution in [3.63, 3.8) is 0 Å². The third-order valence-electron chi connectivity index (χ3n) is 11.7. The number of hydrogen-bond donors (Lipinski definition) is 0. The van der Waals surface area contributed by atoms with E-state index in [1.165, 1.54) is 89.9 Å². The number of rotatable bonds is 24. The number of nitrogens with zero attached hydrogens (tertiary/aromatic N) is 1. The van der Waals surface area contributed by atoms with E-state index >= 15 is 0 Å². The lowest BCUT2D eigenvalue weighted by molar-refractivity contribution is -0.108. The van der Waals surface area contributed by atoms with E-state index in [1.807, 2.05) is 30.3 Å². The smallest absolute Gasteiger partial charge is 0.235 e. The third-order valence-corrected chi connectivity index (χ3v) is 11.7. The Morgan fingerprint density at radius 1 is 0.589 bits per heavy atom. The summed E-state index contributed by atoms with van der Waals surface area (Å²) in [5.74, 6) is 1.43. The van der Waals surface area contributed by atoms with Crippen LogP contribution in [0.1, 0.15) is 167 Å². The average Bonchev–Trinajstić information content (AvgIpc) is 3.23. The number of benzene rings is 2. The lowest BCUT2D eigenvalue weighted by Gasteiger charge is -2.29. The van der Waals surface area contributed by atoms with E-state index in [0.717, 1.165) is 93.9 Å². The van der Waals surface area contributed by atoms with Crippen LogP contribution in [0.3, 0.4) is 0 Å². The minimum Gasteiger partial charge on any atom is -0.465 e. The molecular formula is C48H71NO7. The lowest BCUT2D eigenvalue weighted by atomic mass is 10.0. The van der Waals surface area contributed by atoms with Gasteiger partial charge in [0.2, 0.25) is 5.43 Å². The van der Waals surface area contributed by atoms with Crippen LogP contribution in [0.15, 0.2) is 47.3 Å². The van der Waals surface area contributed by atoms with Crippen LogP contribution in [0, 0.1) is 0 Å². The van der Waals surface area contributed by atoms with Crippen LogP contribution in [0.2, 0.25) is 0 Å². The van der Waals surface area contributed by atoms with Crippen molar-refractivity contribution in [3.8, 4) is 28.5 Å². The standard InChI is InChI=1S/C48H71NO7/c1-2-3-4-5-6-7-8-9-10-11-12-13-14-15-16-23-32-49-40-36-39(54-42-29-20-24-33-51-42)37-41(55-43-30-21-25-34-52-43)45(40)47(50)48(56-44-31-22-26-35-53-44)46(49)38-27-18-17-19-28-38/h17-19,27-28,36-37,42-44H,2-16,20-26,29-35H2,1H3. The summed E-state index contributed by atoms with van der Waals surface area (Å²) in [6.45, 7) is 4.97. The van der Waals surface area contributed by atoms with Gasteiger partial charge in [0, 0.05) is 43.5 Å². The van der Waals surface area contributed by atoms with Crippen LogP contribution >= 0.6 is 0 Å². The number of aromatic nitrogens is 1. The molecule has 1 aromatic heterocycles. The van der Waals surface area contributed by atoms with Gasteiger partial charge in [-0.05, 0) is 44.9 Å². The van der Waals surface area contributed by atoms with Crippen LogP contribution in [-0.4, -0.2) is 43.3 Å². The largest absolute Gasteiger partial charge is 0.465 e. The molecule has 4 heterocycles. The summed E-state index contributed by atoms with van der Waals surface area (Å²) in [5, 5.41) is 0.498. The van der Waals surface area contributed by atoms with Gasteiger partial charge >= 0.3 is 0 Å². The molecule has 3 atom stereocenters. The Balaban J connectivity index is 1.22. The van der Waals surface area contributed by atoms with Crippen molar-refractivity contribution in [1.29, 1.82) is 0 Å². The Labute approximate surface area is 336 Å². The molecule has 56 heavy (non-hydrogen) atoms. The monoisotopic (exact) mass is 774 g/mol. The summed E-state index contributed by atoms with van der Waals surface area (Å²) < 4.78 is 40.2. The number of ether oxygens (including phenoxy) is 6. The second kappa shape index (κ2) is 24.0. The van der Waals surface area contributed by atoms with Crippen molar-refractivity contribution in [2.45, 2.75) is 193 Å². The zero-order chi connectivity index (χ0) is 38.6. The van der Waals surface area contributed by atoms with Crippen molar-refractivity contribution in [1.82, 2.24) is 4.57 Å². The molecule has 3 aliphatic heterocycles. The summed E-state index contributed by atoms with van der Waals surface area (Å²) in [7, 11) is 0. The van der Waals surface area contributed by atoms with Gasteiger partial charge < -0.3 is 33.0 Å². The Morgan fingerprint density at radius 2 is 1.09 bits per heavy atom. The number of hydrogen-bond acceptors (Lipinski definition) is 7. The van der Waals surface area contributed by atoms with Gasteiger partial charge in [0.15, 0.2) is 24.6 Å². The van der Waals surface area contributed by atoms with Crippen molar-refractivity contribution in [2.75, 3.05) is 19.8 Å². The highest BCUT2D eigenvalue weighted by Crippen LogP contribution is 2.39. The Morgan fingerprint density at radius 3 is 1.61 bits per heavy atom. The Bertz CT molecular complexity index is 1610. The van der Waals surface area contributed by atoms with Crippen LogP contribution in [0.5, 0.6) is 17.2 Å². The van der Waals surface area contributed by atoms with Crippen molar-refractivity contribution >= 4 is 10.9 Å². The molecule has 310 valence electrons. The fourth-order valence-electron chi connectivity index (χ4n) is 8.52.